The van der Waals surface area contributed by atoms with E-state index in [1.807, 2.05) is 19.9 Å². The minimum atomic E-state index is -0.504. The van der Waals surface area contributed by atoms with Crippen molar-refractivity contribution in [2.75, 3.05) is 13.2 Å². The lowest BCUT2D eigenvalue weighted by molar-refractivity contribution is 0.117. The molecular formula is C19H16FN5O2. The first-order valence-electron chi connectivity index (χ1n) is 8.36. The van der Waals surface area contributed by atoms with Crippen molar-refractivity contribution in [2.45, 2.75) is 19.3 Å². The lowest BCUT2D eigenvalue weighted by atomic mass is 9.94. The Kier molecular flexibility index (Phi) is 3.89. The van der Waals surface area contributed by atoms with Crippen LogP contribution in [0.4, 0.5) is 4.39 Å². The zero-order valence-corrected chi connectivity index (χ0v) is 14.8. The number of aromatic nitrogens is 4. The average Bonchev–Trinajstić information content (AvgIpc) is 3.08. The van der Waals surface area contributed by atoms with Gasteiger partial charge in [0.25, 0.3) is 5.56 Å². The highest BCUT2D eigenvalue weighted by atomic mass is 19.1. The van der Waals surface area contributed by atoms with Crippen molar-refractivity contribution < 1.29 is 9.13 Å². The Labute approximate surface area is 152 Å². The van der Waals surface area contributed by atoms with Crippen molar-refractivity contribution in [3.8, 4) is 6.07 Å². The fourth-order valence-electron chi connectivity index (χ4n) is 3.25. The molecule has 0 aliphatic carbocycles. The van der Waals surface area contributed by atoms with Crippen LogP contribution in [0.3, 0.4) is 0 Å². The van der Waals surface area contributed by atoms with E-state index in [1.54, 1.807) is 6.07 Å². The van der Waals surface area contributed by atoms with Crippen LogP contribution in [0.2, 0.25) is 0 Å². The number of aromatic amines is 2. The number of nitriles is 1. The third-order valence-electron chi connectivity index (χ3n) is 4.57. The van der Waals surface area contributed by atoms with Crippen molar-refractivity contribution in [1.29, 1.82) is 5.26 Å². The van der Waals surface area contributed by atoms with Crippen LogP contribution >= 0.6 is 0 Å². The number of ether oxygens (including phenoxy) is 1. The number of halogens is 1. The summed E-state index contributed by atoms with van der Waals surface area (Å²) in [7, 11) is 0. The molecule has 0 amide bonds. The van der Waals surface area contributed by atoms with Gasteiger partial charge in [0.05, 0.1) is 35.4 Å². The Hall–Kier alpha value is -3.31. The largest absolute Gasteiger partial charge is 0.366 e. The molecule has 2 aromatic heterocycles. The van der Waals surface area contributed by atoms with Crippen molar-refractivity contribution in [1.82, 2.24) is 19.9 Å². The Morgan fingerprint density at radius 2 is 2.11 bits per heavy atom. The number of nitrogens with one attached hydrogen (secondary N) is 2. The number of hydrogen-bond acceptors (Lipinski definition) is 5. The summed E-state index contributed by atoms with van der Waals surface area (Å²) in [5.74, 6) is 0.197. The molecule has 2 N–H and O–H groups in total. The first-order chi connectivity index (χ1) is 12.9. The minimum Gasteiger partial charge on any atom is -0.366 e. The van der Waals surface area contributed by atoms with Crippen LogP contribution < -0.4 is 5.56 Å². The maximum Gasteiger partial charge on any atom is 0.259 e. The van der Waals surface area contributed by atoms with E-state index in [-0.39, 0.29) is 12.2 Å². The summed E-state index contributed by atoms with van der Waals surface area (Å²) in [4.78, 5) is 27.2. The molecule has 0 radical (unpaired) electrons. The van der Waals surface area contributed by atoms with E-state index >= 15 is 0 Å². The van der Waals surface area contributed by atoms with Gasteiger partial charge in [-0.25, -0.2) is 14.4 Å². The fraction of sp³-hybridized carbons (Fsp3) is 0.263. The molecule has 4 aromatic rings. The number of imidazole rings is 1. The molecule has 0 atom stereocenters. The summed E-state index contributed by atoms with van der Waals surface area (Å²) in [5.41, 5.74) is 0.803. The number of fused-ring (bicyclic) bond motifs is 6. The highest BCUT2D eigenvalue weighted by Crippen LogP contribution is 2.33. The van der Waals surface area contributed by atoms with Crippen molar-refractivity contribution >= 4 is 32.7 Å². The minimum absolute atomic E-state index is 0.00821. The first-order valence-corrected chi connectivity index (χ1v) is 8.36. The van der Waals surface area contributed by atoms with E-state index in [4.69, 9.17) is 15.0 Å². The van der Waals surface area contributed by atoms with E-state index in [1.165, 1.54) is 18.5 Å². The molecule has 0 bridgehead atoms. The normalized spacial score (nSPS) is 12.1. The molecule has 2 aromatic carbocycles. The van der Waals surface area contributed by atoms with Crippen LogP contribution in [0.1, 0.15) is 19.7 Å². The molecule has 0 aliphatic heterocycles. The smallest absolute Gasteiger partial charge is 0.259 e. The molecule has 0 saturated heterocycles. The standard InChI is InChI=1S/C19H16FN5O2/c1-19(2,8-27-6-5-21)18-24-14-11-4-3-10(20)7-12(11)13-15(16(14)25-18)22-9-23-17(13)26/h3-4,7,9H,6,8H2,1-2H3,(H,24,25)(H,22,23,26). The molecule has 27 heavy (non-hydrogen) atoms. The summed E-state index contributed by atoms with van der Waals surface area (Å²) in [6.07, 6.45) is 1.32. The van der Waals surface area contributed by atoms with Gasteiger partial charge in [-0.3, -0.25) is 4.79 Å². The van der Waals surface area contributed by atoms with Crippen molar-refractivity contribution in [3.05, 3.63) is 46.5 Å². The number of rotatable bonds is 4. The van der Waals surface area contributed by atoms with Gasteiger partial charge < -0.3 is 14.7 Å². The number of nitrogens with zero attached hydrogens (tertiary/aromatic N) is 3. The summed E-state index contributed by atoms with van der Waals surface area (Å²) >= 11 is 0. The third-order valence-corrected chi connectivity index (χ3v) is 4.57. The molecule has 0 fully saturated rings. The van der Waals surface area contributed by atoms with Gasteiger partial charge in [0.2, 0.25) is 0 Å². The van der Waals surface area contributed by atoms with Gasteiger partial charge in [-0.2, -0.15) is 5.26 Å². The van der Waals surface area contributed by atoms with E-state index in [0.717, 1.165) is 0 Å². The van der Waals surface area contributed by atoms with Gasteiger partial charge in [-0.05, 0) is 18.2 Å². The van der Waals surface area contributed by atoms with Crippen LogP contribution in [0, 0.1) is 17.1 Å². The Morgan fingerprint density at radius 3 is 2.89 bits per heavy atom. The van der Waals surface area contributed by atoms with E-state index in [0.29, 0.717) is 45.1 Å². The highest BCUT2D eigenvalue weighted by Gasteiger charge is 2.27. The molecule has 0 aliphatic rings. The molecule has 4 rings (SSSR count). The SMILES string of the molecule is CC(C)(COCC#N)c1nc2c3ccc(F)cc3c3c(=O)[nH]cnc3c2[nH]1. The summed E-state index contributed by atoms with van der Waals surface area (Å²) < 4.78 is 19.2. The van der Waals surface area contributed by atoms with Gasteiger partial charge >= 0.3 is 0 Å². The van der Waals surface area contributed by atoms with Crippen LogP contribution in [0.5, 0.6) is 0 Å². The van der Waals surface area contributed by atoms with E-state index < -0.39 is 11.2 Å². The lowest BCUT2D eigenvalue weighted by Crippen LogP contribution is -2.26. The topological polar surface area (TPSA) is 107 Å². The monoisotopic (exact) mass is 365 g/mol. The fourth-order valence-corrected chi connectivity index (χ4v) is 3.25. The first kappa shape index (κ1) is 17.1. The number of benzene rings is 2. The van der Waals surface area contributed by atoms with Crippen molar-refractivity contribution in [2.24, 2.45) is 0 Å². The average molecular weight is 365 g/mol. The summed E-state index contributed by atoms with van der Waals surface area (Å²) in [6, 6.07) is 6.22. The van der Waals surface area contributed by atoms with Gasteiger partial charge in [-0.15, -0.1) is 0 Å². The quantitative estimate of drug-likeness (QED) is 0.427. The number of H-pyrrole nitrogens is 2. The van der Waals surface area contributed by atoms with Crippen LogP contribution in [0.25, 0.3) is 32.7 Å². The highest BCUT2D eigenvalue weighted by molar-refractivity contribution is 6.21. The van der Waals surface area contributed by atoms with Crippen LogP contribution in [-0.2, 0) is 10.2 Å². The van der Waals surface area contributed by atoms with Crippen molar-refractivity contribution in [3.63, 3.8) is 0 Å². The second-order valence-electron chi connectivity index (χ2n) is 6.99. The molecule has 8 heteroatoms. The molecule has 7 nitrogen and oxygen atoms in total. The number of hydrogen-bond donors (Lipinski definition) is 2. The van der Waals surface area contributed by atoms with Gasteiger partial charge in [-0.1, -0.05) is 13.8 Å². The maximum absolute atomic E-state index is 13.9. The summed E-state index contributed by atoms with van der Waals surface area (Å²) in [6.45, 7) is 4.16. The zero-order chi connectivity index (χ0) is 19.2. The van der Waals surface area contributed by atoms with Gasteiger partial charge in [0.1, 0.15) is 23.8 Å². The Balaban J connectivity index is 2.05. The molecule has 2 heterocycles. The molecule has 0 unspecified atom stereocenters. The van der Waals surface area contributed by atoms with Gasteiger partial charge in [0.15, 0.2) is 0 Å². The molecular weight excluding hydrogens is 349 g/mol. The predicted molar refractivity (Wildman–Crippen MR) is 98.9 cm³/mol. The Morgan fingerprint density at radius 1 is 1.30 bits per heavy atom. The van der Waals surface area contributed by atoms with E-state index in [9.17, 15) is 9.18 Å². The Bertz CT molecular complexity index is 1280. The molecule has 136 valence electrons. The van der Waals surface area contributed by atoms with Crippen LogP contribution in [0.15, 0.2) is 29.3 Å². The second kappa shape index (κ2) is 6.14. The molecule has 0 saturated carbocycles. The van der Waals surface area contributed by atoms with E-state index in [2.05, 4.69) is 15.0 Å². The van der Waals surface area contributed by atoms with Gasteiger partial charge in [0, 0.05) is 16.2 Å². The predicted octanol–water partition coefficient (Wildman–Crippen LogP) is 2.91. The molecule has 0 spiro atoms. The zero-order valence-electron chi connectivity index (χ0n) is 14.8. The third kappa shape index (κ3) is 2.73. The lowest BCUT2D eigenvalue weighted by Gasteiger charge is -2.20. The van der Waals surface area contributed by atoms with Crippen LogP contribution in [-0.4, -0.2) is 33.1 Å². The summed E-state index contributed by atoms with van der Waals surface area (Å²) in [5, 5.41) is 10.1. The second-order valence-corrected chi connectivity index (χ2v) is 6.99. The maximum atomic E-state index is 13.9.